The van der Waals surface area contributed by atoms with Gasteiger partial charge in [-0.05, 0) is 43.7 Å². The second-order valence-electron chi connectivity index (χ2n) is 5.79. The molecule has 0 amide bonds. The molecule has 0 radical (unpaired) electrons. The number of nitrogens with one attached hydrogen (secondary N) is 2. The lowest BCUT2D eigenvalue weighted by atomic mass is 10.2. The number of benzene rings is 1. The van der Waals surface area contributed by atoms with Gasteiger partial charge in [-0.3, -0.25) is 0 Å². The fourth-order valence-electron chi connectivity index (χ4n) is 2.11. The summed E-state index contributed by atoms with van der Waals surface area (Å²) >= 11 is 12.4. The minimum absolute atomic E-state index is 0.113. The Bertz CT molecular complexity index is 641. The van der Waals surface area contributed by atoms with Crippen LogP contribution in [0.5, 0.6) is 0 Å². The van der Waals surface area contributed by atoms with Crippen LogP contribution < -0.4 is 10.0 Å². The molecule has 0 atom stereocenters. The first-order valence-electron chi connectivity index (χ1n) is 7.17. The SMILES string of the molecule is O=S(=O)(NCC1CC1)c1ccc(Cl)c(CNC2CC2)c1Cl. The van der Waals surface area contributed by atoms with Gasteiger partial charge >= 0.3 is 0 Å². The fraction of sp³-hybridized carbons (Fsp3) is 0.571. The smallest absolute Gasteiger partial charge is 0.242 e. The maximum atomic E-state index is 12.3. The van der Waals surface area contributed by atoms with Gasteiger partial charge in [0.15, 0.2) is 0 Å². The molecule has 116 valence electrons. The molecule has 7 heteroatoms. The monoisotopic (exact) mass is 348 g/mol. The Morgan fingerprint density at radius 1 is 1.14 bits per heavy atom. The molecule has 0 aromatic heterocycles. The molecule has 0 unspecified atom stereocenters. The van der Waals surface area contributed by atoms with E-state index in [1.54, 1.807) is 6.07 Å². The molecule has 1 aromatic carbocycles. The molecule has 0 spiro atoms. The molecule has 0 aliphatic heterocycles. The van der Waals surface area contributed by atoms with E-state index in [9.17, 15) is 8.42 Å². The van der Waals surface area contributed by atoms with E-state index in [2.05, 4.69) is 10.0 Å². The van der Waals surface area contributed by atoms with Gasteiger partial charge in [0.1, 0.15) is 4.90 Å². The highest BCUT2D eigenvalue weighted by atomic mass is 35.5. The van der Waals surface area contributed by atoms with E-state index < -0.39 is 10.0 Å². The molecule has 0 bridgehead atoms. The lowest BCUT2D eigenvalue weighted by Crippen LogP contribution is -2.26. The van der Waals surface area contributed by atoms with Gasteiger partial charge in [-0.25, -0.2) is 13.1 Å². The van der Waals surface area contributed by atoms with Gasteiger partial charge in [0, 0.05) is 29.7 Å². The average Bonchev–Trinajstić information content (AvgIpc) is 3.30. The molecule has 3 rings (SSSR count). The second-order valence-corrected chi connectivity index (χ2v) is 8.31. The number of hydrogen-bond donors (Lipinski definition) is 2. The predicted octanol–water partition coefficient (Wildman–Crippen LogP) is 2.93. The summed E-state index contributed by atoms with van der Waals surface area (Å²) in [5.41, 5.74) is 0.652. The van der Waals surface area contributed by atoms with Crippen LogP contribution in [-0.4, -0.2) is 21.0 Å². The van der Waals surface area contributed by atoms with Crippen molar-refractivity contribution in [3.63, 3.8) is 0 Å². The highest BCUT2D eigenvalue weighted by Crippen LogP contribution is 2.33. The number of rotatable bonds is 7. The molecule has 2 saturated carbocycles. The van der Waals surface area contributed by atoms with E-state index in [-0.39, 0.29) is 9.92 Å². The summed E-state index contributed by atoms with van der Waals surface area (Å²) in [6.45, 7) is 0.977. The van der Waals surface area contributed by atoms with Crippen LogP contribution in [0.1, 0.15) is 31.2 Å². The Labute approximate surface area is 135 Å². The first-order valence-corrected chi connectivity index (χ1v) is 9.41. The van der Waals surface area contributed by atoms with Crippen LogP contribution in [0.2, 0.25) is 10.0 Å². The molecule has 2 aliphatic carbocycles. The quantitative estimate of drug-likeness (QED) is 0.796. The standard InChI is InChI=1S/C14H18Cl2N2O2S/c15-12-5-6-13(21(19,20)18-7-9-1-2-9)14(16)11(12)8-17-10-3-4-10/h5-6,9-10,17-18H,1-4,7-8H2. The Hall–Kier alpha value is -0.330. The summed E-state index contributed by atoms with van der Waals surface area (Å²) in [5.74, 6) is 0.474. The van der Waals surface area contributed by atoms with Gasteiger partial charge in [0.25, 0.3) is 0 Å². The van der Waals surface area contributed by atoms with Gasteiger partial charge in [-0.2, -0.15) is 0 Å². The van der Waals surface area contributed by atoms with Crippen LogP contribution in [0, 0.1) is 5.92 Å². The van der Waals surface area contributed by atoms with Crippen LogP contribution in [0.15, 0.2) is 17.0 Å². The maximum Gasteiger partial charge on any atom is 0.242 e. The second kappa shape index (κ2) is 6.05. The number of hydrogen-bond acceptors (Lipinski definition) is 3. The molecular weight excluding hydrogens is 331 g/mol. The van der Waals surface area contributed by atoms with E-state index in [1.807, 2.05) is 0 Å². The van der Waals surface area contributed by atoms with Crippen molar-refractivity contribution in [1.29, 1.82) is 0 Å². The molecule has 4 nitrogen and oxygen atoms in total. The fourth-order valence-corrected chi connectivity index (χ4v) is 4.13. The summed E-state index contributed by atoms with van der Waals surface area (Å²) in [5, 5.41) is 4.03. The Kier molecular flexibility index (Phi) is 4.48. The van der Waals surface area contributed by atoms with Crippen molar-refractivity contribution in [1.82, 2.24) is 10.0 Å². The van der Waals surface area contributed by atoms with Crippen molar-refractivity contribution in [2.24, 2.45) is 5.92 Å². The Balaban J connectivity index is 1.81. The first kappa shape index (κ1) is 15.6. The predicted molar refractivity (Wildman–Crippen MR) is 84.2 cm³/mol. The van der Waals surface area contributed by atoms with Crippen molar-refractivity contribution < 1.29 is 8.42 Å². The van der Waals surface area contributed by atoms with E-state index in [1.165, 1.54) is 6.07 Å². The number of halogens is 2. The highest BCUT2D eigenvalue weighted by Gasteiger charge is 2.27. The lowest BCUT2D eigenvalue weighted by molar-refractivity contribution is 0.577. The molecule has 0 saturated heterocycles. The molecule has 2 fully saturated rings. The normalized spacial score (nSPS) is 19.0. The average molecular weight is 349 g/mol. The van der Waals surface area contributed by atoms with Gasteiger partial charge in [0.05, 0.1) is 5.02 Å². The zero-order valence-electron chi connectivity index (χ0n) is 11.5. The third kappa shape index (κ3) is 3.90. The third-order valence-electron chi connectivity index (χ3n) is 3.84. The third-order valence-corrected chi connectivity index (χ3v) is 6.21. The maximum absolute atomic E-state index is 12.3. The van der Waals surface area contributed by atoms with Gasteiger partial charge < -0.3 is 5.32 Å². The summed E-state index contributed by atoms with van der Waals surface area (Å²) in [7, 11) is -3.58. The zero-order chi connectivity index (χ0) is 15.0. The van der Waals surface area contributed by atoms with Crippen molar-refractivity contribution in [2.45, 2.75) is 43.2 Å². The van der Waals surface area contributed by atoms with Crippen LogP contribution in [-0.2, 0) is 16.6 Å². The van der Waals surface area contributed by atoms with Crippen LogP contribution in [0.3, 0.4) is 0 Å². The summed E-state index contributed by atoms with van der Waals surface area (Å²) in [6.07, 6.45) is 4.48. The Morgan fingerprint density at radius 2 is 1.86 bits per heavy atom. The van der Waals surface area contributed by atoms with E-state index in [4.69, 9.17) is 23.2 Å². The summed E-state index contributed by atoms with van der Waals surface area (Å²) in [4.78, 5) is 0.113. The van der Waals surface area contributed by atoms with Crippen molar-refractivity contribution in [3.8, 4) is 0 Å². The van der Waals surface area contributed by atoms with Gasteiger partial charge in [-0.15, -0.1) is 0 Å². The first-order chi connectivity index (χ1) is 9.97. The van der Waals surface area contributed by atoms with E-state index >= 15 is 0 Å². The minimum atomic E-state index is -3.58. The lowest BCUT2D eigenvalue weighted by Gasteiger charge is -2.13. The van der Waals surface area contributed by atoms with E-state index in [0.29, 0.717) is 35.6 Å². The van der Waals surface area contributed by atoms with Crippen molar-refractivity contribution >= 4 is 33.2 Å². The summed E-state index contributed by atoms with van der Waals surface area (Å²) in [6, 6.07) is 3.58. The molecule has 1 aromatic rings. The van der Waals surface area contributed by atoms with Crippen molar-refractivity contribution in [2.75, 3.05) is 6.54 Å². The largest absolute Gasteiger partial charge is 0.310 e. The van der Waals surface area contributed by atoms with Crippen LogP contribution in [0.4, 0.5) is 0 Å². The van der Waals surface area contributed by atoms with Gasteiger partial charge in [0.2, 0.25) is 10.0 Å². The molecule has 2 N–H and O–H groups in total. The molecule has 0 heterocycles. The number of sulfonamides is 1. The van der Waals surface area contributed by atoms with E-state index in [0.717, 1.165) is 25.7 Å². The van der Waals surface area contributed by atoms with Crippen LogP contribution in [0.25, 0.3) is 0 Å². The molecule has 21 heavy (non-hydrogen) atoms. The Morgan fingerprint density at radius 3 is 2.48 bits per heavy atom. The zero-order valence-corrected chi connectivity index (χ0v) is 13.9. The molecular formula is C14H18Cl2N2O2S. The highest BCUT2D eigenvalue weighted by molar-refractivity contribution is 7.89. The molecule has 2 aliphatic rings. The summed E-state index contributed by atoms with van der Waals surface area (Å²) < 4.78 is 27.3. The van der Waals surface area contributed by atoms with Crippen molar-refractivity contribution in [3.05, 3.63) is 27.7 Å². The van der Waals surface area contributed by atoms with Crippen LogP contribution >= 0.6 is 23.2 Å². The topological polar surface area (TPSA) is 58.2 Å². The van der Waals surface area contributed by atoms with Gasteiger partial charge in [-0.1, -0.05) is 23.2 Å². The minimum Gasteiger partial charge on any atom is -0.310 e.